The molecule has 1 saturated heterocycles. The van der Waals surface area contributed by atoms with E-state index in [1.165, 1.54) is 6.42 Å². The lowest BCUT2D eigenvalue weighted by atomic mass is 10.1. The lowest BCUT2D eigenvalue weighted by Gasteiger charge is -2.26. The molecule has 1 unspecified atom stereocenters. The van der Waals surface area contributed by atoms with Crippen LogP contribution >= 0.6 is 0 Å². The van der Waals surface area contributed by atoms with E-state index in [1.807, 2.05) is 4.90 Å². The summed E-state index contributed by atoms with van der Waals surface area (Å²) in [4.78, 5) is 24.3. The number of primary amides is 1. The standard InChI is InChI=1S/C11H21N3O2/c1-9(11(12)16)7-13-8-10(15)14-5-3-2-4-6-14/h9,13H,2-8H2,1H3,(H2,12,16). The Morgan fingerprint density at radius 2 is 1.94 bits per heavy atom. The van der Waals surface area contributed by atoms with E-state index in [1.54, 1.807) is 6.92 Å². The van der Waals surface area contributed by atoms with Gasteiger partial charge in [0.15, 0.2) is 0 Å². The van der Waals surface area contributed by atoms with E-state index in [9.17, 15) is 9.59 Å². The molecule has 92 valence electrons. The molecule has 1 aliphatic rings. The number of nitrogens with one attached hydrogen (secondary N) is 1. The second-order valence-electron chi connectivity index (χ2n) is 4.38. The molecule has 0 spiro atoms. The third kappa shape index (κ3) is 4.18. The van der Waals surface area contributed by atoms with E-state index in [-0.39, 0.29) is 17.7 Å². The molecule has 5 heteroatoms. The number of carbonyl (C=O) groups excluding carboxylic acids is 2. The van der Waals surface area contributed by atoms with Crippen LogP contribution in [0.4, 0.5) is 0 Å². The van der Waals surface area contributed by atoms with E-state index in [0.29, 0.717) is 13.1 Å². The third-order valence-corrected chi connectivity index (χ3v) is 2.92. The lowest BCUT2D eigenvalue weighted by molar-refractivity contribution is -0.131. The summed E-state index contributed by atoms with van der Waals surface area (Å²) in [6, 6.07) is 0. The summed E-state index contributed by atoms with van der Waals surface area (Å²) in [5, 5.41) is 2.97. The Hall–Kier alpha value is -1.10. The molecule has 1 atom stereocenters. The molecule has 0 aromatic rings. The van der Waals surface area contributed by atoms with Crippen LogP contribution in [0.5, 0.6) is 0 Å². The molecule has 16 heavy (non-hydrogen) atoms. The minimum atomic E-state index is -0.335. The van der Waals surface area contributed by atoms with Gasteiger partial charge in [-0.25, -0.2) is 0 Å². The van der Waals surface area contributed by atoms with E-state index in [4.69, 9.17) is 5.73 Å². The third-order valence-electron chi connectivity index (χ3n) is 2.92. The molecule has 1 aliphatic heterocycles. The highest BCUT2D eigenvalue weighted by atomic mass is 16.2. The Labute approximate surface area is 96.4 Å². The number of rotatable bonds is 5. The second-order valence-corrected chi connectivity index (χ2v) is 4.38. The van der Waals surface area contributed by atoms with Gasteiger partial charge in [0.1, 0.15) is 0 Å². The minimum absolute atomic E-state index is 0.122. The quantitative estimate of drug-likeness (QED) is 0.677. The molecule has 0 radical (unpaired) electrons. The number of amides is 2. The highest BCUT2D eigenvalue weighted by Crippen LogP contribution is 2.08. The highest BCUT2D eigenvalue weighted by molar-refractivity contribution is 5.79. The zero-order valence-electron chi connectivity index (χ0n) is 9.87. The van der Waals surface area contributed by atoms with Crippen molar-refractivity contribution < 1.29 is 9.59 Å². The van der Waals surface area contributed by atoms with Crippen LogP contribution in [-0.4, -0.2) is 42.9 Å². The monoisotopic (exact) mass is 227 g/mol. The van der Waals surface area contributed by atoms with Crippen molar-refractivity contribution in [2.24, 2.45) is 11.7 Å². The minimum Gasteiger partial charge on any atom is -0.369 e. The largest absolute Gasteiger partial charge is 0.369 e. The first-order valence-electron chi connectivity index (χ1n) is 5.89. The van der Waals surface area contributed by atoms with Gasteiger partial charge in [0, 0.05) is 25.6 Å². The Bertz CT molecular complexity index is 250. The van der Waals surface area contributed by atoms with E-state index < -0.39 is 0 Å². The number of hydrogen-bond acceptors (Lipinski definition) is 3. The fraction of sp³-hybridized carbons (Fsp3) is 0.818. The van der Waals surface area contributed by atoms with Gasteiger partial charge in [0.2, 0.25) is 11.8 Å². The lowest BCUT2D eigenvalue weighted by Crippen LogP contribution is -2.42. The van der Waals surface area contributed by atoms with Crippen molar-refractivity contribution in [2.75, 3.05) is 26.2 Å². The van der Waals surface area contributed by atoms with Crippen LogP contribution in [0.15, 0.2) is 0 Å². The van der Waals surface area contributed by atoms with Gasteiger partial charge in [0.05, 0.1) is 6.54 Å². The first kappa shape index (κ1) is 13.0. The Kier molecular flexibility index (Phi) is 5.25. The van der Waals surface area contributed by atoms with Gasteiger partial charge >= 0.3 is 0 Å². The molecule has 3 N–H and O–H groups in total. The van der Waals surface area contributed by atoms with E-state index >= 15 is 0 Å². The summed E-state index contributed by atoms with van der Waals surface area (Å²) in [7, 11) is 0. The van der Waals surface area contributed by atoms with E-state index in [2.05, 4.69) is 5.32 Å². The number of piperidine rings is 1. The summed E-state index contributed by atoms with van der Waals surface area (Å²) < 4.78 is 0. The van der Waals surface area contributed by atoms with Crippen molar-refractivity contribution in [3.8, 4) is 0 Å². The van der Waals surface area contributed by atoms with Gasteiger partial charge < -0.3 is 16.0 Å². The predicted octanol–water partition coefficient (Wildman–Crippen LogP) is -0.290. The normalized spacial score (nSPS) is 18.2. The first-order valence-corrected chi connectivity index (χ1v) is 5.89. The number of likely N-dealkylation sites (tertiary alicyclic amines) is 1. The van der Waals surface area contributed by atoms with Crippen molar-refractivity contribution in [1.82, 2.24) is 10.2 Å². The number of hydrogen-bond donors (Lipinski definition) is 2. The van der Waals surface area contributed by atoms with E-state index in [0.717, 1.165) is 25.9 Å². The second kappa shape index (κ2) is 6.48. The molecule has 1 fully saturated rings. The molecule has 0 bridgehead atoms. The van der Waals surface area contributed by atoms with Crippen molar-refractivity contribution in [3.05, 3.63) is 0 Å². The van der Waals surface area contributed by atoms with Crippen LogP contribution < -0.4 is 11.1 Å². The van der Waals surface area contributed by atoms with Crippen molar-refractivity contribution in [2.45, 2.75) is 26.2 Å². The van der Waals surface area contributed by atoms with Crippen molar-refractivity contribution in [1.29, 1.82) is 0 Å². The topological polar surface area (TPSA) is 75.4 Å². The van der Waals surface area contributed by atoms with Crippen LogP contribution in [0.25, 0.3) is 0 Å². The molecular formula is C11H21N3O2. The fourth-order valence-electron chi connectivity index (χ4n) is 1.75. The van der Waals surface area contributed by atoms with Gasteiger partial charge in [0.25, 0.3) is 0 Å². The average Bonchev–Trinajstić information content (AvgIpc) is 2.29. The molecule has 0 aromatic carbocycles. The summed E-state index contributed by atoms with van der Waals surface area (Å²) in [5.74, 6) is -0.441. The highest BCUT2D eigenvalue weighted by Gasteiger charge is 2.16. The van der Waals surface area contributed by atoms with Crippen LogP contribution in [-0.2, 0) is 9.59 Å². The van der Waals surface area contributed by atoms with Crippen LogP contribution in [0.1, 0.15) is 26.2 Å². The van der Waals surface area contributed by atoms with Gasteiger partial charge in [-0.05, 0) is 19.3 Å². The maximum atomic E-state index is 11.7. The molecule has 1 rings (SSSR count). The summed E-state index contributed by atoms with van der Waals surface area (Å²) in [5.41, 5.74) is 5.12. The molecule has 2 amide bonds. The molecule has 0 saturated carbocycles. The molecule has 0 aromatic heterocycles. The maximum absolute atomic E-state index is 11.7. The molecular weight excluding hydrogens is 206 g/mol. The van der Waals surface area contributed by atoms with Crippen molar-refractivity contribution >= 4 is 11.8 Å². The Morgan fingerprint density at radius 1 is 1.31 bits per heavy atom. The number of carbonyl (C=O) groups is 2. The van der Waals surface area contributed by atoms with Crippen molar-refractivity contribution in [3.63, 3.8) is 0 Å². The fourth-order valence-corrected chi connectivity index (χ4v) is 1.75. The Morgan fingerprint density at radius 3 is 2.50 bits per heavy atom. The summed E-state index contributed by atoms with van der Waals surface area (Å²) >= 11 is 0. The first-order chi connectivity index (χ1) is 7.61. The molecule has 1 heterocycles. The predicted molar refractivity (Wildman–Crippen MR) is 61.7 cm³/mol. The smallest absolute Gasteiger partial charge is 0.236 e. The zero-order valence-corrected chi connectivity index (χ0v) is 9.87. The molecule has 5 nitrogen and oxygen atoms in total. The summed E-state index contributed by atoms with van der Waals surface area (Å²) in [6.45, 7) is 4.25. The zero-order chi connectivity index (χ0) is 12.0. The Balaban J connectivity index is 2.16. The van der Waals surface area contributed by atoms with Gasteiger partial charge in [-0.2, -0.15) is 0 Å². The molecule has 0 aliphatic carbocycles. The van der Waals surface area contributed by atoms with Gasteiger partial charge in [-0.15, -0.1) is 0 Å². The van der Waals surface area contributed by atoms with Gasteiger partial charge in [-0.1, -0.05) is 6.92 Å². The van der Waals surface area contributed by atoms with Crippen LogP contribution in [0.3, 0.4) is 0 Å². The average molecular weight is 227 g/mol. The summed E-state index contributed by atoms with van der Waals surface area (Å²) in [6.07, 6.45) is 3.42. The van der Waals surface area contributed by atoms with Crippen LogP contribution in [0, 0.1) is 5.92 Å². The maximum Gasteiger partial charge on any atom is 0.236 e. The van der Waals surface area contributed by atoms with Gasteiger partial charge in [-0.3, -0.25) is 9.59 Å². The number of nitrogens with two attached hydrogens (primary N) is 1. The van der Waals surface area contributed by atoms with Crippen LogP contribution in [0.2, 0.25) is 0 Å². The SMILES string of the molecule is CC(CNCC(=O)N1CCCCC1)C(N)=O. The number of nitrogens with zero attached hydrogens (tertiary/aromatic N) is 1.